The molecule has 0 bridgehead atoms. The number of hydrogen-bond acceptors (Lipinski definition) is 5. The molecular weight excluding hydrogens is 246 g/mol. The number of amides is 1. The second-order valence-corrected chi connectivity index (χ2v) is 4.72. The third kappa shape index (κ3) is 2.52. The van der Waals surface area contributed by atoms with Crippen LogP contribution < -0.4 is 5.32 Å². The zero-order chi connectivity index (χ0) is 13.1. The SMILES string of the molecule is O=C(NC1CCCCC1)c1ncoc1-c1ccon1. The number of nitrogens with one attached hydrogen (secondary N) is 1. The normalized spacial score (nSPS) is 16.4. The predicted molar refractivity (Wildman–Crippen MR) is 66.3 cm³/mol. The number of carbonyl (C=O) groups is 1. The van der Waals surface area contributed by atoms with Crippen LogP contribution >= 0.6 is 0 Å². The molecule has 0 radical (unpaired) electrons. The fourth-order valence-electron chi connectivity index (χ4n) is 2.42. The monoisotopic (exact) mass is 261 g/mol. The van der Waals surface area contributed by atoms with E-state index in [4.69, 9.17) is 8.94 Å². The van der Waals surface area contributed by atoms with Crippen LogP contribution in [0.4, 0.5) is 0 Å². The lowest BCUT2D eigenvalue weighted by Crippen LogP contribution is -2.36. The third-order valence-electron chi connectivity index (χ3n) is 3.39. The summed E-state index contributed by atoms with van der Waals surface area (Å²) in [7, 11) is 0. The highest BCUT2D eigenvalue weighted by molar-refractivity contribution is 5.97. The molecule has 6 nitrogen and oxygen atoms in total. The first-order valence-electron chi connectivity index (χ1n) is 6.49. The van der Waals surface area contributed by atoms with Crippen molar-refractivity contribution in [2.75, 3.05) is 0 Å². The summed E-state index contributed by atoms with van der Waals surface area (Å²) < 4.78 is 9.98. The van der Waals surface area contributed by atoms with Gasteiger partial charge in [-0.3, -0.25) is 4.79 Å². The van der Waals surface area contributed by atoms with E-state index in [0.29, 0.717) is 11.5 Å². The number of carbonyl (C=O) groups excluding carboxylic acids is 1. The molecule has 6 heteroatoms. The van der Waals surface area contributed by atoms with Crippen molar-refractivity contribution in [2.24, 2.45) is 0 Å². The molecule has 1 fully saturated rings. The molecule has 0 aliphatic heterocycles. The highest BCUT2D eigenvalue weighted by Gasteiger charge is 2.23. The maximum atomic E-state index is 12.2. The molecule has 3 rings (SSSR count). The first-order valence-corrected chi connectivity index (χ1v) is 6.49. The minimum absolute atomic E-state index is 0.210. The number of rotatable bonds is 3. The second-order valence-electron chi connectivity index (χ2n) is 4.72. The molecule has 0 atom stereocenters. The Morgan fingerprint density at radius 1 is 1.32 bits per heavy atom. The molecule has 1 aliphatic rings. The summed E-state index contributed by atoms with van der Waals surface area (Å²) in [5.41, 5.74) is 0.741. The molecule has 1 N–H and O–H groups in total. The molecule has 0 saturated heterocycles. The van der Waals surface area contributed by atoms with Crippen LogP contribution in [0.3, 0.4) is 0 Å². The minimum atomic E-state index is -0.210. The van der Waals surface area contributed by atoms with Crippen molar-refractivity contribution in [3.05, 3.63) is 24.4 Å². The standard InChI is InChI=1S/C13H15N3O3/c17-13(15-9-4-2-1-3-5-9)11-12(18-8-14-11)10-6-7-19-16-10/h6-9H,1-5H2,(H,15,17). The van der Waals surface area contributed by atoms with Gasteiger partial charge in [0.2, 0.25) is 0 Å². The van der Waals surface area contributed by atoms with Crippen molar-refractivity contribution in [2.45, 2.75) is 38.1 Å². The molecule has 1 saturated carbocycles. The van der Waals surface area contributed by atoms with Crippen molar-refractivity contribution in [3.8, 4) is 11.5 Å². The molecule has 1 aliphatic carbocycles. The van der Waals surface area contributed by atoms with E-state index in [2.05, 4.69) is 15.5 Å². The van der Waals surface area contributed by atoms with Gasteiger partial charge in [0.1, 0.15) is 6.26 Å². The van der Waals surface area contributed by atoms with Gasteiger partial charge in [0.05, 0.1) is 0 Å². The number of nitrogens with zero attached hydrogens (tertiary/aromatic N) is 2. The zero-order valence-electron chi connectivity index (χ0n) is 10.5. The van der Waals surface area contributed by atoms with Gasteiger partial charge in [-0.15, -0.1) is 0 Å². The van der Waals surface area contributed by atoms with E-state index in [0.717, 1.165) is 12.8 Å². The Kier molecular flexibility index (Phi) is 3.31. The van der Waals surface area contributed by atoms with Crippen LogP contribution in [-0.4, -0.2) is 22.1 Å². The maximum absolute atomic E-state index is 12.2. The van der Waals surface area contributed by atoms with Gasteiger partial charge in [-0.2, -0.15) is 0 Å². The highest BCUT2D eigenvalue weighted by atomic mass is 16.5. The Hall–Kier alpha value is -2.11. The van der Waals surface area contributed by atoms with Crippen LogP contribution in [0.1, 0.15) is 42.6 Å². The Bertz CT molecular complexity index is 541. The minimum Gasteiger partial charge on any atom is -0.441 e. The van der Waals surface area contributed by atoms with E-state index in [-0.39, 0.29) is 17.6 Å². The molecule has 0 unspecified atom stereocenters. The van der Waals surface area contributed by atoms with Crippen molar-refractivity contribution in [3.63, 3.8) is 0 Å². The van der Waals surface area contributed by atoms with Crippen LogP contribution in [-0.2, 0) is 0 Å². The first kappa shape index (κ1) is 12.0. The van der Waals surface area contributed by atoms with Crippen molar-refractivity contribution in [1.82, 2.24) is 15.5 Å². The van der Waals surface area contributed by atoms with Crippen molar-refractivity contribution >= 4 is 5.91 Å². The van der Waals surface area contributed by atoms with Crippen LogP contribution in [0.25, 0.3) is 11.5 Å². The Labute approximate surface area is 110 Å². The summed E-state index contributed by atoms with van der Waals surface area (Å²) in [4.78, 5) is 16.2. The number of hydrogen-bond donors (Lipinski definition) is 1. The molecule has 1 amide bonds. The third-order valence-corrected chi connectivity index (χ3v) is 3.39. The number of aromatic nitrogens is 2. The molecule has 2 heterocycles. The Balaban J connectivity index is 1.75. The Morgan fingerprint density at radius 2 is 2.16 bits per heavy atom. The zero-order valence-corrected chi connectivity index (χ0v) is 10.5. The predicted octanol–water partition coefficient (Wildman–Crippen LogP) is 2.39. The van der Waals surface area contributed by atoms with Crippen LogP contribution in [0.5, 0.6) is 0 Å². The molecule has 19 heavy (non-hydrogen) atoms. The molecule has 2 aromatic heterocycles. The fraction of sp³-hybridized carbons (Fsp3) is 0.462. The van der Waals surface area contributed by atoms with Gasteiger partial charge in [-0.05, 0) is 12.8 Å². The van der Waals surface area contributed by atoms with Gasteiger partial charge in [0.25, 0.3) is 5.91 Å². The van der Waals surface area contributed by atoms with E-state index in [1.807, 2.05) is 0 Å². The lowest BCUT2D eigenvalue weighted by molar-refractivity contribution is 0.0923. The summed E-state index contributed by atoms with van der Waals surface area (Å²) in [6, 6.07) is 1.88. The quantitative estimate of drug-likeness (QED) is 0.917. The van der Waals surface area contributed by atoms with Gasteiger partial charge in [0, 0.05) is 12.1 Å². The average Bonchev–Trinajstić information content (AvgIpc) is 3.10. The van der Waals surface area contributed by atoms with E-state index in [1.54, 1.807) is 6.07 Å². The van der Waals surface area contributed by atoms with Crippen molar-refractivity contribution in [1.29, 1.82) is 0 Å². The fourth-order valence-corrected chi connectivity index (χ4v) is 2.42. The van der Waals surface area contributed by atoms with Crippen molar-refractivity contribution < 1.29 is 13.7 Å². The second kappa shape index (κ2) is 5.26. The Morgan fingerprint density at radius 3 is 2.89 bits per heavy atom. The highest BCUT2D eigenvalue weighted by Crippen LogP contribution is 2.22. The summed E-state index contributed by atoms with van der Waals surface area (Å²) in [6.45, 7) is 0. The lowest BCUT2D eigenvalue weighted by atomic mass is 9.95. The van der Waals surface area contributed by atoms with Gasteiger partial charge in [-0.25, -0.2) is 4.98 Å². The van der Waals surface area contributed by atoms with Gasteiger partial charge in [0.15, 0.2) is 23.5 Å². The summed E-state index contributed by atoms with van der Waals surface area (Å²) in [5.74, 6) is 0.140. The van der Waals surface area contributed by atoms with Gasteiger partial charge in [-0.1, -0.05) is 24.4 Å². The van der Waals surface area contributed by atoms with Gasteiger partial charge >= 0.3 is 0 Å². The topological polar surface area (TPSA) is 81.2 Å². The number of oxazole rings is 1. The summed E-state index contributed by atoms with van der Waals surface area (Å²) in [6.07, 6.45) is 8.33. The van der Waals surface area contributed by atoms with E-state index in [9.17, 15) is 4.79 Å². The first-order chi connectivity index (χ1) is 9.34. The lowest BCUT2D eigenvalue weighted by Gasteiger charge is -2.22. The largest absolute Gasteiger partial charge is 0.441 e. The molecule has 0 spiro atoms. The molecule has 100 valence electrons. The van der Waals surface area contributed by atoms with Crippen LogP contribution in [0.15, 0.2) is 27.7 Å². The smallest absolute Gasteiger partial charge is 0.274 e. The van der Waals surface area contributed by atoms with Gasteiger partial charge < -0.3 is 14.3 Å². The maximum Gasteiger partial charge on any atom is 0.274 e. The molecular formula is C13H15N3O3. The van der Waals surface area contributed by atoms with Crippen LogP contribution in [0.2, 0.25) is 0 Å². The summed E-state index contributed by atoms with van der Waals surface area (Å²) >= 11 is 0. The molecule has 0 aromatic carbocycles. The van der Waals surface area contributed by atoms with Crippen LogP contribution in [0, 0.1) is 0 Å². The molecule has 2 aromatic rings. The van der Waals surface area contributed by atoms with E-state index >= 15 is 0 Å². The van der Waals surface area contributed by atoms with E-state index < -0.39 is 0 Å². The average molecular weight is 261 g/mol. The summed E-state index contributed by atoms with van der Waals surface area (Å²) in [5, 5.41) is 6.76. The van der Waals surface area contributed by atoms with E-state index in [1.165, 1.54) is 31.9 Å².